The van der Waals surface area contributed by atoms with Gasteiger partial charge >= 0.3 is 12.1 Å². The standard InChI is InChI=1S/C20H27NO6/c1-5-26-18(23)16-11-15(13-25-12-14-9-7-6-8-10-14)17(22)21(16)19(24)27-20(2,3)4/h6-10,15-16H,5,11-13H2,1-4H3/t15-,16+/m1/s1. The Balaban J connectivity index is 2.05. The molecule has 0 aromatic heterocycles. The summed E-state index contributed by atoms with van der Waals surface area (Å²) in [6.07, 6.45) is -0.679. The van der Waals surface area contributed by atoms with Crippen molar-refractivity contribution in [2.45, 2.75) is 52.4 Å². The fourth-order valence-corrected chi connectivity index (χ4v) is 2.83. The van der Waals surface area contributed by atoms with Gasteiger partial charge in [0.2, 0.25) is 5.91 Å². The first-order chi connectivity index (χ1) is 12.7. The third kappa shape index (κ3) is 5.79. The van der Waals surface area contributed by atoms with Crippen molar-refractivity contribution in [3.8, 4) is 0 Å². The minimum Gasteiger partial charge on any atom is -0.464 e. The Bertz CT molecular complexity index is 667. The molecular weight excluding hydrogens is 350 g/mol. The molecule has 1 fully saturated rings. The number of imide groups is 1. The van der Waals surface area contributed by atoms with Crippen LogP contribution in [0.2, 0.25) is 0 Å². The highest BCUT2D eigenvalue weighted by Crippen LogP contribution is 2.28. The van der Waals surface area contributed by atoms with Gasteiger partial charge in [-0.3, -0.25) is 4.79 Å². The van der Waals surface area contributed by atoms with E-state index in [9.17, 15) is 14.4 Å². The van der Waals surface area contributed by atoms with Gasteiger partial charge in [0.1, 0.15) is 11.6 Å². The van der Waals surface area contributed by atoms with E-state index in [1.807, 2.05) is 30.3 Å². The van der Waals surface area contributed by atoms with Crippen molar-refractivity contribution in [1.29, 1.82) is 0 Å². The quantitative estimate of drug-likeness (QED) is 0.709. The maximum Gasteiger partial charge on any atom is 0.417 e. The first-order valence-electron chi connectivity index (χ1n) is 9.07. The predicted octanol–water partition coefficient (Wildman–Crippen LogP) is 2.92. The Morgan fingerprint density at radius 2 is 1.85 bits per heavy atom. The molecule has 2 atom stereocenters. The van der Waals surface area contributed by atoms with Gasteiger partial charge in [0, 0.05) is 0 Å². The first kappa shape index (κ1) is 20.9. The fourth-order valence-electron chi connectivity index (χ4n) is 2.83. The maximum absolute atomic E-state index is 12.7. The molecule has 0 unspecified atom stereocenters. The van der Waals surface area contributed by atoms with E-state index in [1.54, 1.807) is 27.7 Å². The first-order valence-corrected chi connectivity index (χ1v) is 9.07. The van der Waals surface area contributed by atoms with Crippen LogP contribution in [0.15, 0.2) is 30.3 Å². The highest BCUT2D eigenvalue weighted by atomic mass is 16.6. The number of carbonyl (C=O) groups excluding carboxylic acids is 3. The maximum atomic E-state index is 12.7. The Labute approximate surface area is 159 Å². The van der Waals surface area contributed by atoms with Crippen LogP contribution >= 0.6 is 0 Å². The predicted molar refractivity (Wildman–Crippen MR) is 97.7 cm³/mol. The number of likely N-dealkylation sites (tertiary alicyclic amines) is 1. The number of carbonyl (C=O) groups is 3. The number of hydrogen-bond donors (Lipinski definition) is 0. The number of ether oxygens (including phenoxy) is 3. The molecule has 1 aliphatic heterocycles. The normalized spacial score (nSPS) is 19.9. The van der Waals surface area contributed by atoms with E-state index < -0.39 is 35.5 Å². The Kier molecular flexibility index (Phi) is 6.96. The van der Waals surface area contributed by atoms with Crippen molar-refractivity contribution in [2.24, 2.45) is 5.92 Å². The summed E-state index contributed by atoms with van der Waals surface area (Å²) in [5.74, 6) is -1.69. The summed E-state index contributed by atoms with van der Waals surface area (Å²) in [5.41, 5.74) is 0.201. The van der Waals surface area contributed by atoms with Crippen molar-refractivity contribution >= 4 is 18.0 Å². The largest absolute Gasteiger partial charge is 0.464 e. The van der Waals surface area contributed by atoms with Crippen molar-refractivity contribution < 1.29 is 28.6 Å². The molecule has 148 valence electrons. The van der Waals surface area contributed by atoms with Gasteiger partial charge in [-0.15, -0.1) is 0 Å². The second-order valence-corrected chi connectivity index (χ2v) is 7.39. The van der Waals surface area contributed by atoms with Crippen molar-refractivity contribution in [2.75, 3.05) is 13.2 Å². The topological polar surface area (TPSA) is 82.1 Å². The molecule has 7 nitrogen and oxygen atoms in total. The number of benzene rings is 1. The molecule has 1 aromatic rings. The van der Waals surface area contributed by atoms with E-state index >= 15 is 0 Å². The summed E-state index contributed by atoms with van der Waals surface area (Å²) in [5, 5.41) is 0. The minimum absolute atomic E-state index is 0.114. The van der Waals surface area contributed by atoms with Crippen LogP contribution in [0.5, 0.6) is 0 Å². The van der Waals surface area contributed by atoms with Crippen LogP contribution in [0.4, 0.5) is 4.79 Å². The second-order valence-electron chi connectivity index (χ2n) is 7.39. The lowest BCUT2D eigenvalue weighted by atomic mass is 10.1. The lowest BCUT2D eigenvalue weighted by molar-refractivity contribution is -0.151. The van der Waals surface area contributed by atoms with Crippen LogP contribution in [0.3, 0.4) is 0 Å². The molecule has 0 saturated carbocycles. The average molecular weight is 377 g/mol. The fraction of sp³-hybridized carbons (Fsp3) is 0.550. The lowest BCUT2D eigenvalue weighted by Crippen LogP contribution is -2.46. The number of nitrogens with zero attached hydrogens (tertiary/aromatic N) is 1. The van der Waals surface area contributed by atoms with Gasteiger partial charge in [-0.2, -0.15) is 0 Å². The molecule has 7 heteroatoms. The summed E-state index contributed by atoms with van der Waals surface area (Å²) in [4.78, 5) is 38.3. The molecule has 1 saturated heterocycles. The van der Waals surface area contributed by atoms with Crippen LogP contribution in [-0.4, -0.2) is 47.7 Å². The number of esters is 1. The summed E-state index contributed by atoms with van der Waals surface area (Å²) < 4.78 is 16.0. The summed E-state index contributed by atoms with van der Waals surface area (Å²) in [6.45, 7) is 7.40. The third-order valence-corrected chi connectivity index (χ3v) is 3.99. The van der Waals surface area contributed by atoms with E-state index in [2.05, 4.69) is 0 Å². The van der Waals surface area contributed by atoms with Gasteiger partial charge < -0.3 is 14.2 Å². The van der Waals surface area contributed by atoms with Crippen LogP contribution < -0.4 is 0 Å². The number of amides is 2. The van der Waals surface area contributed by atoms with Gasteiger partial charge in [-0.25, -0.2) is 14.5 Å². The SMILES string of the molecule is CCOC(=O)[C@@H]1C[C@H](COCc2ccccc2)C(=O)N1C(=O)OC(C)(C)C. The highest BCUT2D eigenvalue weighted by Gasteiger charge is 2.48. The molecule has 0 bridgehead atoms. The van der Waals surface area contributed by atoms with Crippen LogP contribution in [-0.2, 0) is 30.4 Å². The van der Waals surface area contributed by atoms with Crippen LogP contribution in [0, 0.1) is 5.92 Å². The van der Waals surface area contributed by atoms with Crippen molar-refractivity contribution in [1.82, 2.24) is 4.90 Å². The van der Waals surface area contributed by atoms with Gasteiger partial charge in [0.15, 0.2) is 0 Å². The molecule has 1 aliphatic rings. The zero-order valence-electron chi connectivity index (χ0n) is 16.3. The molecule has 0 N–H and O–H groups in total. The minimum atomic E-state index is -0.988. The molecular formula is C20H27NO6. The summed E-state index contributed by atoms with van der Waals surface area (Å²) >= 11 is 0. The molecule has 0 radical (unpaired) electrons. The van der Waals surface area contributed by atoms with Crippen molar-refractivity contribution in [3.63, 3.8) is 0 Å². The number of hydrogen-bond acceptors (Lipinski definition) is 6. The van der Waals surface area contributed by atoms with Gasteiger partial charge in [0.25, 0.3) is 0 Å². The van der Waals surface area contributed by atoms with E-state index in [1.165, 1.54) is 0 Å². The zero-order chi connectivity index (χ0) is 20.0. The molecule has 2 amide bonds. The second kappa shape index (κ2) is 8.99. The molecule has 2 rings (SSSR count). The monoisotopic (exact) mass is 377 g/mol. The van der Waals surface area contributed by atoms with Crippen molar-refractivity contribution in [3.05, 3.63) is 35.9 Å². The van der Waals surface area contributed by atoms with E-state index in [0.717, 1.165) is 10.5 Å². The van der Waals surface area contributed by atoms with Crippen LogP contribution in [0.25, 0.3) is 0 Å². The van der Waals surface area contributed by atoms with Crippen LogP contribution in [0.1, 0.15) is 39.7 Å². The summed E-state index contributed by atoms with van der Waals surface area (Å²) in [6, 6.07) is 8.57. The molecule has 1 heterocycles. The molecule has 1 aromatic carbocycles. The molecule has 0 aliphatic carbocycles. The van der Waals surface area contributed by atoms with Gasteiger partial charge in [-0.1, -0.05) is 30.3 Å². The van der Waals surface area contributed by atoms with E-state index in [0.29, 0.717) is 6.61 Å². The lowest BCUT2D eigenvalue weighted by Gasteiger charge is -2.26. The Hall–Kier alpha value is -2.41. The number of rotatable bonds is 6. The molecule has 27 heavy (non-hydrogen) atoms. The van der Waals surface area contributed by atoms with Gasteiger partial charge in [-0.05, 0) is 39.7 Å². The third-order valence-electron chi connectivity index (χ3n) is 3.99. The van der Waals surface area contributed by atoms with E-state index in [4.69, 9.17) is 14.2 Å². The Morgan fingerprint density at radius 1 is 1.19 bits per heavy atom. The smallest absolute Gasteiger partial charge is 0.417 e. The average Bonchev–Trinajstić information content (AvgIpc) is 2.91. The zero-order valence-corrected chi connectivity index (χ0v) is 16.3. The highest BCUT2D eigenvalue weighted by molar-refractivity contribution is 6.00. The van der Waals surface area contributed by atoms with Gasteiger partial charge in [0.05, 0.1) is 25.7 Å². The summed E-state index contributed by atoms with van der Waals surface area (Å²) in [7, 11) is 0. The molecule has 0 spiro atoms. The van der Waals surface area contributed by atoms with E-state index in [-0.39, 0.29) is 19.6 Å². The Morgan fingerprint density at radius 3 is 2.44 bits per heavy atom.